The first-order valence-corrected chi connectivity index (χ1v) is 6.76. The maximum absolute atomic E-state index is 11.9. The van der Waals surface area contributed by atoms with E-state index in [0.29, 0.717) is 17.2 Å². The van der Waals surface area contributed by atoms with Gasteiger partial charge in [0.05, 0.1) is 0 Å². The minimum atomic E-state index is -0.202. The molecule has 0 heterocycles. The lowest BCUT2D eigenvalue weighted by molar-refractivity contribution is 0.0976. The van der Waals surface area contributed by atoms with E-state index in [1.54, 1.807) is 12.1 Å². The van der Waals surface area contributed by atoms with Crippen molar-refractivity contribution in [2.24, 2.45) is 0 Å². The van der Waals surface area contributed by atoms with Gasteiger partial charge in [0.25, 0.3) is 5.91 Å². The monoisotopic (exact) mass is 284 g/mol. The number of hydrogen-bond donors (Lipinski definition) is 2. The molecular formula is C16H16N2OS. The van der Waals surface area contributed by atoms with Crippen molar-refractivity contribution in [3.8, 4) is 0 Å². The first kappa shape index (κ1) is 14.2. The molecule has 0 fully saturated rings. The Bertz CT molecular complexity index is 594. The Balaban J connectivity index is 1.84. The Labute approximate surface area is 124 Å². The zero-order valence-corrected chi connectivity index (χ0v) is 12.0. The molecule has 0 aliphatic heterocycles. The SMILES string of the molecule is Cc1ccc(CNC(=S)NC(=O)c2ccccc2)cc1. The van der Waals surface area contributed by atoms with Gasteiger partial charge in [-0.3, -0.25) is 10.1 Å². The number of carbonyl (C=O) groups is 1. The Kier molecular flexibility index (Phi) is 4.85. The van der Waals surface area contributed by atoms with Crippen molar-refractivity contribution in [3.05, 3.63) is 71.3 Å². The molecule has 4 heteroatoms. The van der Waals surface area contributed by atoms with Gasteiger partial charge in [-0.25, -0.2) is 0 Å². The molecule has 0 aliphatic rings. The lowest BCUT2D eigenvalue weighted by Crippen LogP contribution is -2.38. The van der Waals surface area contributed by atoms with Crippen molar-refractivity contribution < 1.29 is 4.79 Å². The summed E-state index contributed by atoms with van der Waals surface area (Å²) in [5.74, 6) is -0.202. The van der Waals surface area contributed by atoms with Crippen LogP contribution in [-0.4, -0.2) is 11.0 Å². The van der Waals surface area contributed by atoms with Crippen LogP contribution in [0.1, 0.15) is 21.5 Å². The summed E-state index contributed by atoms with van der Waals surface area (Å²) in [4.78, 5) is 11.9. The number of thiocarbonyl (C=S) groups is 1. The number of nitrogens with one attached hydrogen (secondary N) is 2. The number of rotatable bonds is 3. The summed E-state index contributed by atoms with van der Waals surface area (Å²) >= 11 is 5.11. The van der Waals surface area contributed by atoms with Crippen LogP contribution in [0.4, 0.5) is 0 Å². The van der Waals surface area contributed by atoms with Crippen LogP contribution in [0.15, 0.2) is 54.6 Å². The van der Waals surface area contributed by atoms with Crippen molar-refractivity contribution >= 4 is 23.2 Å². The molecule has 1 amide bonds. The van der Waals surface area contributed by atoms with E-state index in [1.165, 1.54) is 5.56 Å². The maximum atomic E-state index is 11.9. The summed E-state index contributed by atoms with van der Waals surface area (Å²) < 4.78 is 0. The van der Waals surface area contributed by atoms with E-state index < -0.39 is 0 Å². The van der Waals surface area contributed by atoms with Crippen molar-refractivity contribution in [1.82, 2.24) is 10.6 Å². The molecule has 0 aromatic heterocycles. The van der Waals surface area contributed by atoms with E-state index in [1.807, 2.05) is 49.4 Å². The van der Waals surface area contributed by atoms with E-state index >= 15 is 0 Å². The van der Waals surface area contributed by atoms with Gasteiger partial charge in [0.2, 0.25) is 0 Å². The van der Waals surface area contributed by atoms with Crippen LogP contribution in [0.3, 0.4) is 0 Å². The number of amides is 1. The van der Waals surface area contributed by atoms with Crippen LogP contribution < -0.4 is 10.6 Å². The zero-order chi connectivity index (χ0) is 14.4. The molecule has 0 atom stereocenters. The Hall–Kier alpha value is -2.20. The molecule has 2 N–H and O–H groups in total. The minimum absolute atomic E-state index is 0.202. The van der Waals surface area contributed by atoms with E-state index in [2.05, 4.69) is 10.6 Å². The van der Waals surface area contributed by atoms with Gasteiger partial charge in [-0.05, 0) is 36.8 Å². The van der Waals surface area contributed by atoms with Crippen LogP contribution in [0.25, 0.3) is 0 Å². The quantitative estimate of drug-likeness (QED) is 0.852. The van der Waals surface area contributed by atoms with E-state index in [0.717, 1.165) is 5.56 Å². The fraction of sp³-hybridized carbons (Fsp3) is 0.125. The van der Waals surface area contributed by atoms with Gasteiger partial charge in [-0.15, -0.1) is 0 Å². The van der Waals surface area contributed by atoms with Crippen LogP contribution >= 0.6 is 12.2 Å². The molecule has 0 radical (unpaired) electrons. The molecule has 0 saturated carbocycles. The molecule has 102 valence electrons. The highest BCUT2D eigenvalue weighted by Crippen LogP contribution is 2.02. The molecule has 0 saturated heterocycles. The van der Waals surface area contributed by atoms with Gasteiger partial charge in [0, 0.05) is 12.1 Å². The summed E-state index contributed by atoms with van der Waals surface area (Å²) in [6, 6.07) is 17.1. The number of benzene rings is 2. The number of carbonyl (C=O) groups excluding carboxylic acids is 1. The molecule has 20 heavy (non-hydrogen) atoms. The Morgan fingerprint density at radius 2 is 1.70 bits per heavy atom. The van der Waals surface area contributed by atoms with Gasteiger partial charge in [0.1, 0.15) is 0 Å². The van der Waals surface area contributed by atoms with Crippen LogP contribution in [-0.2, 0) is 6.54 Å². The highest BCUT2D eigenvalue weighted by molar-refractivity contribution is 7.80. The van der Waals surface area contributed by atoms with Crippen LogP contribution in [0.5, 0.6) is 0 Å². The van der Waals surface area contributed by atoms with Gasteiger partial charge >= 0.3 is 0 Å². The number of hydrogen-bond acceptors (Lipinski definition) is 2. The molecule has 2 rings (SSSR count). The predicted molar refractivity (Wildman–Crippen MR) is 84.5 cm³/mol. The second kappa shape index (κ2) is 6.82. The average Bonchev–Trinajstić information content (AvgIpc) is 2.47. The van der Waals surface area contributed by atoms with Crippen LogP contribution in [0, 0.1) is 6.92 Å². The fourth-order valence-corrected chi connectivity index (χ4v) is 1.86. The largest absolute Gasteiger partial charge is 0.358 e. The summed E-state index contributed by atoms with van der Waals surface area (Å²) in [7, 11) is 0. The molecular weight excluding hydrogens is 268 g/mol. The first-order valence-electron chi connectivity index (χ1n) is 6.35. The van der Waals surface area contributed by atoms with E-state index in [-0.39, 0.29) is 5.91 Å². The lowest BCUT2D eigenvalue weighted by atomic mass is 10.1. The highest BCUT2D eigenvalue weighted by Gasteiger charge is 2.06. The third-order valence-electron chi connectivity index (χ3n) is 2.84. The van der Waals surface area contributed by atoms with Crippen molar-refractivity contribution in [1.29, 1.82) is 0 Å². The molecule has 0 aliphatic carbocycles. The maximum Gasteiger partial charge on any atom is 0.257 e. The highest BCUT2D eigenvalue weighted by atomic mass is 32.1. The average molecular weight is 284 g/mol. The van der Waals surface area contributed by atoms with Crippen molar-refractivity contribution in [2.45, 2.75) is 13.5 Å². The summed E-state index contributed by atoms with van der Waals surface area (Å²) in [6.45, 7) is 2.64. The summed E-state index contributed by atoms with van der Waals surface area (Å²) in [6.07, 6.45) is 0. The molecule has 3 nitrogen and oxygen atoms in total. The zero-order valence-electron chi connectivity index (χ0n) is 11.2. The first-order chi connectivity index (χ1) is 9.65. The molecule has 0 unspecified atom stereocenters. The van der Waals surface area contributed by atoms with Gasteiger partial charge < -0.3 is 5.32 Å². The predicted octanol–water partition coefficient (Wildman–Crippen LogP) is 2.80. The van der Waals surface area contributed by atoms with Crippen molar-refractivity contribution in [2.75, 3.05) is 0 Å². The molecule has 0 bridgehead atoms. The second-order valence-corrected chi connectivity index (χ2v) is 4.90. The molecule has 2 aromatic carbocycles. The normalized spacial score (nSPS) is 9.85. The third kappa shape index (κ3) is 4.17. The van der Waals surface area contributed by atoms with E-state index in [9.17, 15) is 4.79 Å². The Morgan fingerprint density at radius 3 is 2.35 bits per heavy atom. The second-order valence-electron chi connectivity index (χ2n) is 4.49. The minimum Gasteiger partial charge on any atom is -0.358 e. The summed E-state index contributed by atoms with van der Waals surface area (Å²) in [5, 5.41) is 6.01. The third-order valence-corrected chi connectivity index (χ3v) is 3.08. The van der Waals surface area contributed by atoms with Crippen LogP contribution in [0.2, 0.25) is 0 Å². The summed E-state index contributed by atoms with van der Waals surface area (Å²) in [5.41, 5.74) is 2.92. The smallest absolute Gasteiger partial charge is 0.257 e. The van der Waals surface area contributed by atoms with Crippen molar-refractivity contribution in [3.63, 3.8) is 0 Å². The van der Waals surface area contributed by atoms with Gasteiger partial charge in [-0.2, -0.15) is 0 Å². The standard InChI is InChI=1S/C16H16N2OS/c1-12-7-9-13(10-8-12)11-17-16(20)18-15(19)14-5-3-2-4-6-14/h2-10H,11H2,1H3,(H2,17,18,19,20). The van der Waals surface area contributed by atoms with Gasteiger partial charge in [0.15, 0.2) is 5.11 Å². The fourth-order valence-electron chi connectivity index (χ4n) is 1.70. The van der Waals surface area contributed by atoms with Gasteiger partial charge in [-0.1, -0.05) is 48.0 Å². The lowest BCUT2D eigenvalue weighted by Gasteiger charge is -2.09. The Morgan fingerprint density at radius 1 is 1.05 bits per heavy atom. The molecule has 2 aromatic rings. The topological polar surface area (TPSA) is 41.1 Å². The number of aryl methyl sites for hydroxylation is 1. The van der Waals surface area contributed by atoms with E-state index in [4.69, 9.17) is 12.2 Å². The molecule has 0 spiro atoms.